The molecule has 0 bridgehead atoms. The van der Waals surface area contributed by atoms with Crippen LogP contribution in [0.25, 0.3) is 5.69 Å². The van der Waals surface area contributed by atoms with Crippen LogP contribution in [-0.4, -0.2) is 39.7 Å². The third-order valence-electron chi connectivity index (χ3n) is 4.80. The molecule has 5 nitrogen and oxygen atoms in total. The lowest BCUT2D eigenvalue weighted by Crippen LogP contribution is -2.36. The van der Waals surface area contributed by atoms with E-state index in [2.05, 4.69) is 39.6 Å². The largest absolute Gasteiger partial charge is 0.348 e. The highest BCUT2D eigenvalue weighted by molar-refractivity contribution is 6.32. The number of carbonyl (C=O) groups is 1. The summed E-state index contributed by atoms with van der Waals surface area (Å²) in [5.41, 5.74) is 2.59. The van der Waals surface area contributed by atoms with Gasteiger partial charge in [-0.25, -0.2) is 4.68 Å². The van der Waals surface area contributed by atoms with E-state index < -0.39 is 0 Å². The minimum absolute atomic E-state index is 0.0973. The van der Waals surface area contributed by atoms with Crippen LogP contribution in [-0.2, 0) is 6.54 Å². The van der Waals surface area contributed by atoms with Crippen molar-refractivity contribution in [3.8, 4) is 5.69 Å². The second-order valence-corrected chi connectivity index (χ2v) is 7.21. The maximum absolute atomic E-state index is 12.6. The molecule has 1 fully saturated rings. The molecule has 0 radical (unpaired) electrons. The number of hydrogen-bond acceptors (Lipinski definition) is 3. The number of carbonyl (C=O) groups excluding carboxylic acids is 1. The van der Waals surface area contributed by atoms with Gasteiger partial charge in [0.05, 0.1) is 22.5 Å². The lowest BCUT2D eigenvalue weighted by molar-refractivity contribution is 0.0937. The smallest absolute Gasteiger partial charge is 0.254 e. The zero-order valence-corrected chi connectivity index (χ0v) is 15.6. The molecule has 4 rings (SSSR count). The lowest BCUT2D eigenvalue weighted by atomic mass is 10.2. The standard InChI is InChI=1S/C21H21ClN4O/c22-19-8-4-5-9-20(19)26-14-17(12-23-26)21(27)24-18-10-11-25(15-18)13-16-6-2-1-3-7-16/h1-9,12,14,18H,10-11,13,15H2,(H,24,27). The number of hydrogen-bond donors (Lipinski definition) is 1. The van der Waals surface area contributed by atoms with Crippen molar-refractivity contribution in [1.29, 1.82) is 0 Å². The second kappa shape index (κ2) is 7.94. The summed E-state index contributed by atoms with van der Waals surface area (Å²) in [6, 6.07) is 18.0. The first-order valence-corrected chi connectivity index (χ1v) is 9.43. The van der Waals surface area contributed by atoms with Crippen molar-refractivity contribution in [2.75, 3.05) is 13.1 Å². The molecule has 1 amide bonds. The maximum atomic E-state index is 12.6. The molecule has 1 aliphatic heterocycles. The topological polar surface area (TPSA) is 50.2 Å². The van der Waals surface area contributed by atoms with E-state index in [1.165, 1.54) is 5.56 Å². The number of para-hydroxylation sites is 1. The first-order chi connectivity index (χ1) is 13.2. The highest BCUT2D eigenvalue weighted by atomic mass is 35.5. The van der Waals surface area contributed by atoms with E-state index >= 15 is 0 Å². The Morgan fingerprint density at radius 1 is 1.15 bits per heavy atom. The normalized spacial score (nSPS) is 17.1. The molecule has 0 saturated carbocycles. The van der Waals surface area contributed by atoms with Crippen LogP contribution < -0.4 is 5.32 Å². The molecule has 2 aromatic carbocycles. The summed E-state index contributed by atoms with van der Waals surface area (Å²) in [5, 5.41) is 8.00. The Bertz CT molecular complexity index is 925. The van der Waals surface area contributed by atoms with Crippen LogP contribution in [0.5, 0.6) is 0 Å². The van der Waals surface area contributed by atoms with Crippen molar-refractivity contribution in [3.63, 3.8) is 0 Å². The molecule has 3 aromatic rings. The first-order valence-electron chi connectivity index (χ1n) is 9.06. The fourth-order valence-corrected chi connectivity index (χ4v) is 3.64. The molecule has 1 unspecified atom stereocenters. The minimum Gasteiger partial charge on any atom is -0.348 e. The van der Waals surface area contributed by atoms with E-state index in [0.29, 0.717) is 10.6 Å². The van der Waals surface area contributed by atoms with Crippen molar-refractivity contribution >= 4 is 17.5 Å². The van der Waals surface area contributed by atoms with Crippen LogP contribution in [0.4, 0.5) is 0 Å². The molecular formula is C21H21ClN4O. The van der Waals surface area contributed by atoms with Crippen LogP contribution in [0.1, 0.15) is 22.3 Å². The van der Waals surface area contributed by atoms with Crippen molar-refractivity contribution in [3.05, 3.63) is 83.1 Å². The van der Waals surface area contributed by atoms with Crippen LogP contribution in [0.15, 0.2) is 67.0 Å². The summed E-state index contributed by atoms with van der Waals surface area (Å²) in [6.07, 6.45) is 4.25. The third kappa shape index (κ3) is 4.21. The van der Waals surface area contributed by atoms with Gasteiger partial charge in [-0.2, -0.15) is 5.10 Å². The van der Waals surface area contributed by atoms with Gasteiger partial charge in [0.25, 0.3) is 5.91 Å². The van der Waals surface area contributed by atoms with Gasteiger partial charge in [-0.15, -0.1) is 0 Å². The van der Waals surface area contributed by atoms with Gasteiger partial charge in [0.15, 0.2) is 0 Å². The molecule has 1 N–H and O–H groups in total. The number of rotatable bonds is 5. The van der Waals surface area contributed by atoms with E-state index in [4.69, 9.17) is 11.6 Å². The van der Waals surface area contributed by atoms with E-state index in [1.807, 2.05) is 24.3 Å². The summed E-state index contributed by atoms with van der Waals surface area (Å²) >= 11 is 6.20. The van der Waals surface area contributed by atoms with E-state index in [0.717, 1.165) is 31.7 Å². The molecule has 138 valence electrons. The summed E-state index contributed by atoms with van der Waals surface area (Å²) in [5.74, 6) is -0.0973. The Morgan fingerprint density at radius 3 is 2.74 bits per heavy atom. The quantitative estimate of drug-likeness (QED) is 0.736. The molecule has 27 heavy (non-hydrogen) atoms. The van der Waals surface area contributed by atoms with Gasteiger partial charge in [-0.1, -0.05) is 54.1 Å². The summed E-state index contributed by atoms with van der Waals surface area (Å²) < 4.78 is 1.63. The summed E-state index contributed by atoms with van der Waals surface area (Å²) in [4.78, 5) is 14.9. The van der Waals surface area contributed by atoms with Crippen molar-refractivity contribution in [2.24, 2.45) is 0 Å². The predicted molar refractivity (Wildman–Crippen MR) is 106 cm³/mol. The Kier molecular flexibility index (Phi) is 5.23. The minimum atomic E-state index is -0.0973. The van der Waals surface area contributed by atoms with Gasteiger partial charge in [-0.3, -0.25) is 9.69 Å². The van der Waals surface area contributed by atoms with Crippen molar-refractivity contribution in [2.45, 2.75) is 19.0 Å². The van der Waals surface area contributed by atoms with Crippen molar-refractivity contribution in [1.82, 2.24) is 20.0 Å². The number of likely N-dealkylation sites (tertiary alicyclic amines) is 1. The molecule has 1 aromatic heterocycles. The monoisotopic (exact) mass is 380 g/mol. The van der Waals surface area contributed by atoms with Gasteiger partial charge in [0.1, 0.15) is 0 Å². The highest BCUT2D eigenvalue weighted by Gasteiger charge is 2.24. The number of amides is 1. The zero-order chi connectivity index (χ0) is 18.6. The fourth-order valence-electron chi connectivity index (χ4n) is 3.41. The number of halogens is 1. The maximum Gasteiger partial charge on any atom is 0.254 e. The van der Waals surface area contributed by atoms with Crippen LogP contribution in [0.3, 0.4) is 0 Å². The number of nitrogens with zero attached hydrogens (tertiary/aromatic N) is 3. The predicted octanol–water partition coefficient (Wildman–Crippen LogP) is 3.53. The number of nitrogens with one attached hydrogen (secondary N) is 1. The molecular weight excluding hydrogens is 360 g/mol. The first kappa shape index (κ1) is 17.8. The van der Waals surface area contributed by atoms with Crippen LogP contribution >= 0.6 is 11.6 Å². The Morgan fingerprint density at radius 2 is 1.93 bits per heavy atom. The Labute approximate surface area is 163 Å². The molecule has 1 saturated heterocycles. The Hall–Kier alpha value is -2.63. The molecule has 2 heterocycles. The second-order valence-electron chi connectivity index (χ2n) is 6.80. The van der Waals surface area contributed by atoms with Crippen molar-refractivity contribution < 1.29 is 4.79 Å². The third-order valence-corrected chi connectivity index (χ3v) is 5.12. The van der Waals surface area contributed by atoms with Gasteiger partial charge < -0.3 is 5.32 Å². The zero-order valence-electron chi connectivity index (χ0n) is 14.9. The molecule has 1 aliphatic rings. The average Bonchev–Trinajstić information content (AvgIpc) is 3.33. The summed E-state index contributed by atoms with van der Waals surface area (Å²) in [6.45, 7) is 2.76. The van der Waals surface area contributed by atoms with Gasteiger partial charge in [0, 0.05) is 31.9 Å². The molecule has 0 spiro atoms. The van der Waals surface area contributed by atoms with E-state index in [1.54, 1.807) is 23.1 Å². The lowest BCUT2D eigenvalue weighted by Gasteiger charge is -2.16. The van der Waals surface area contributed by atoms with Gasteiger partial charge in [0.2, 0.25) is 0 Å². The average molecular weight is 381 g/mol. The summed E-state index contributed by atoms with van der Waals surface area (Å²) in [7, 11) is 0. The number of aromatic nitrogens is 2. The highest BCUT2D eigenvalue weighted by Crippen LogP contribution is 2.19. The van der Waals surface area contributed by atoms with E-state index in [9.17, 15) is 4.79 Å². The number of benzene rings is 2. The molecule has 0 aliphatic carbocycles. The Balaban J connectivity index is 1.35. The fraction of sp³-hybridized carbons (Fsp3) is 0.238. The molecule has 1 atom stereocenters. The molecule has 6 heteroatoms. The van der Waals surface area contributed by atoms with E-state index in [-0.39, 0.29) is 11.9 Å². The van der Waals surface area contributed by atoms with Gasteiger partial charge >= 0.3 is 0 Å². The van der Waals surface area contributed by atoms with Gasteiger partial charge in [-0.05, 0) is 24.1 Å². The SMILES string of the molecule is O=C(NC1CCN(Cc2ccccc2)C1)c1cnn(-c2ccccc2Cl)c1. The van der Waals surface area contributed by atoms with Crippen LogP contribution in [0, 0.1) is 0 Å². The van der Waals surface area contributed by atoms with Crippen LogP contribution in [0.2, 0.25) is 5.02 Å².